The van der Waals surface area contributed by atoms with Gasteiger partial charge in [-0.25, -0.2) is 0 Å². The lowest BCUT2D eigenvalue weighted by molar-refractivity contribution is -0.136. The summed E-state index contributed by atoms with van der Waals surface area (Å²) < 4.78 is 5.34. The molecule has 37 heavy (non-hydrogen) atoms. The van der Waals surface area contributed by atoms with E-state index in [1.54, 1.807) is 0 Å². The van der Waals surface area contributed by atoms with Crippen LogP contribution in [0, 0.1) is 5.92 Å². The fourth-order valence-electron chi connectivity index (χ4n) is 6.18. The Bertz CT molecular complexity index is 1050. The molecular weight excluding hydrogens is 464 g/mol. The van der Waals surface area contributed by atoms with Gasteiger partial charge < -0.3 is 15.0 Å². The van der Waals surface area contributed by atoms with Gasteiger partial charge in [-0.1, -0.05) is 37.3 Å². The Kier molecular flexibility index (Phi) is 8.23. The largest absolute Gasteiger partial charge is 0.379 e. The van der Waals surface area contributed by atoms with Crippen LogP contribution in [0.15, 0.2) is 54.6 Å². The predicted octanol–water partition coefficient (Wildman–Crippen LogP) is 3.75. The Morgan fingerprint density at radius 2 is 1.62 bits per heavy atom. The van der Waals surface area contributed by atoms with E-state index in [0.717, 1.165) is 44.9 Å². The number of hydrogen-bond acceptors (Lipinski definition) is 6. The molecule has 2 saturated heterocycles. The van der Waals surface area contributed by atoms with Crippen LogP contribution in [0.4, 0.5) is 11.4 Å². The van der Waals surface area contributed by atoms with Crippen LogP contribution < -0.4 is 10.2 Å². The number of nitrogens with one attached hydrogen (secondary N) is 1. The highest BCUT2D eigenvalue weighted by Gasteiger charge is 2.42. The number of Topliss-reactive ketones (excluding diaryl/α,β-unsaturated/α-hetero) is 1. The Morgan fingerprint density at radius 1 is 0.919 bits per heavy atom. The summed E-state index contributed by atoms with van der Waals surface area (Å²) in [5, 5.41) is 2.90. The van der Waals surface area contributed by atoms with Crippen molar-refractivity contribution >= 4 is 23.1 Å². The molecule has 2 aromatic rings. The zero-order valence-corrected chi connectivity index (χ0v) is 22.0. The molecule has 1 amide bonds. The standard InChI is InChI=1S/C30H40N4O3/c1-24-10-12-30(13-11-24,34-16-14-33(15-17-34)27-8-3-2-4-9-27)25-6-5-7-26(22-25)31-29(36)28(35)23-32-18-20-37-21-19-32/h2-9,22,24H,10-21,23H2,1H3,(H,31,36)/t24-,30-. The third-order valence-electron chi connectivity index (χ3n) is 8.49. The van der Waals surface area contributed by atoms with E-state index in [1.807, 2.05) is 17.0 Å². The average molecular weight is 505 g/mol. The molecule has 0 aromatic heterocycles. The third kappa shape index (κ3) is 6.06. The molecule has 0 bridgehead atoms. The normalized spacial score (nSPS) is 25.5. The van der Waals surface area contributed by atoms with Gasteiger partial charge in [0.2, 0.25) is 5.78 Å². The summed E-state index contributed by atoms with van der Waals surface area (Å²) in [4.78, 5) is 32.5. The van der Waals surface area contributed by atoms with Crippen LogP contribution in [0.5, 0.6) is 0 Å². The van der Waals surface area contributed by atoms with E-state index in [0.29, 0.717) is 32.0 Å². The second kappa shape index (κ2) is 11.8. The first-order chi connectivity index (χ1) is 18.0. The summed E-state index contributed by atoms with van der Waals surface area (Å²) in [5.74, 6) is -0.198. The van der Waals surface area contributed by atoms with Gasteiger partial charge in [0.1, 0.15) is 0 Å². The first-order valence-corrected chi connectivity index (χ1v) is 13.8. The van der Waals surface area contributed by atoms with Crippen molar-refractivity contribution in [3.63, 3.8) is 0 Å². The number of ether oxygens (including phenoxy) is 1. The van der Waals surface area contributed by atoms with Gasteiger partial charge in [0.05, 0.1) is 19.8 Å². The molecular formula is C30H40N4O3. The van der Waals surface area contributed by atoms with E-state index in [2.05, 4.69) is 64.5 Å². The summed E-state index contributed by atoms with van der Waals surface area (Å²) in [7, 11) is 0. The molecule has 2 aromatic carbocycles. The molecule has 2 heterocycles. The van der Waals surface area contributed by atoms with Gasteiger partial charge in [0.25, 0.3) is 5.91 Å². The minimum absolute atomic E-state index is 0.0339. The molecule has 3 aliphatic rings. The number of carbonyl (C=O) groups is 2. The highest BCUT2D eigenvalue weighted by Crippen LogP contribution is 2.45. The van der Waals surface area contributed by atoms with E-state index < -0.39 is 11.7 Å². The van der Waals surface area contributed by atoms with Crippen molar-refractivity contribution in [3.8, 4) is 0 Å². The second-order valence-corrected chi connectivity index (χ2v) is 10.9. The third-order valence-corrected chi connectivity index (χ3v) is 8.49. The number of hydrogen-bond donors (Lipinski definition) is 1. The van der Waals surface area contributed by atoms with Gasteiger partial charge in [-0.3, -0.25) is 19.4 Å². The molecule has 3 fully saturated rings. The van der Waals surface area contributed by atoms with Crippen LogP contribution >= 0.6 is 0 Å². The number of piperazine rings is 1. The number of ketones is 1. The van der Waals surface area contributed by atoms with Crippen LogP contribution in [0.2, 0.25) is 0 Å². The minimum atomic E-state index is -0.536. The van der Waals surface area contributed by atoms with E-state index >= 15 is 0 Å². The summed E-state index contributed by atoms with van der Waals surface area (Å²) in [6.45, 7) is 9.13. The smallest absolute Gasteiger partial charge is 0.293 e. The topological polar surface area (TPSA) is 65.1 Å². The van der Waals surface area contributed by atoms with E-state index in [-0.39, 0.29) is 12.1 Å². The van der Waals surface area contributed by atoms with Crippen LogP contribution in [0.25, 0.3) is 0 Å². The maximum atomic E-state index is 12.7. The molecule has 0 spiro atoms. The van der Waals surface area contributed by atoms with Crippen LogP contribution in [-0.4, -0.2) is 80.5 Å². The Labute approximate surface area is 220 Å². The molecule has 5 rings (SSSR count). The Hall–Kier alpha value is -2.74. The number of carbonyl (C=O) groups excluding carboxylic acids is 2. The molecule has 198 valence electrons. The van der Waals surface area contributed by atoms with Gasteiger partial charge in [0.15, 0.2) is 0 Å². The number of para-hydroxylation sites is 1. The maximum Gasteiger partial charge on any atom is 0.293 e. The Balaban J connectivity index is 1.29. The Morgan fingerprint density at radius 3 is 2.32 bits per heavy atom. The van der Waals surface area contributed by atoms with Crippen LogP contribution in [-0.2, 0) is 19.9 Å². The van der Waals surface area contributed by atoms with Crippen LogP contribution in [0.3, 0.4) is 0 Å². The lowest BCUT2D eigenvalue weighted by Crippen LogP contribution is -2.56. The fraction of sp³-hybridized carbons (Fsp3) is 0.533. The lowest BCUT2D eigenvalue weighted by atomic mass is 9.71. The van der Waals surface area contributed by atoms with Crippen molar-refractivity contribution in [2.24, 2.45) is 5.92 Å². The molecule has 0 unspecified atom stereocenters. The molecule has 2 aliphatic heterocycles. The maximum absolute atomic E-state index is 12.7. The number of rotatable bonds is 7. The highest BCUT2D eigenvalue weighted by molar-refractivity contribution is 6.41. The number of anilines is 2. The summed E-state index contributed by atoms with van der Waals surface area (Å²) in [6.07, 6.45) is 4.64. The van der Waals surface area contributed by atoms with Gasteiger partial charge in [0, 0.05) is 56.2 Å². The van der Waals surface area contributed by atoms with Crippen molar-refractivity contribution < 1.29 is 14.3 Å². The van der Waals surface area contributed by atoms with Crippen molar-refractivity contribution in [2.75, 3.05) is 69.2 Å². The molecule has 0 radical (unpaired) electrons. The van der Waals surface area contributed by atoms with E-state index in [9.17, 15) is 9.59 Å². The first kappa shape index (κ1) is 25.9. The SMILES string of the molecule is C[C@H]1CC[C@](c2cccc(NC(=O)C(=O)CN3CCOCC3)c2)(N2CCN(c3ccccc3)CC2)CC1. The van der Waals surface area contributed by atoms with Crippen molar-refractivity contribution in [1.29, 1.82) is 0 Å². The summed E-state index contributed by atoms with van der Waals surface area (Å²) in [5.41, 5.74) is 3.22. The van der Waals surface area contributed by atoms with Crippen molar-refractivity contribution in [2.45, 2.75) is 38.1 Å². The fourth-order valence-corrected chi connectivity index (χ4v) is 6.18. The molecule has 0 atom stereocenters. The highest BCUT2D eigenvalue weighted by atomic mass is 16.5. The number of benzene rings is 2. The van der Waals surface area contributed by atoms with Gasteiger partial charge in [-0.2, -0.15) is 0 Å². The number of nitrogens with zero attached hydrogens (tertiary/aromatic N) is 3. The summed E-state index contributed by atoms with van der Waals surface area (Å²) >= 11 is 0. The number of morpholine rings is 1. The molecule has 1 aliphatic carbocycles. The van der Waals surface area contributed by atoms with Gasteiger partial charge >= 0.3 is 0 Å². The predicted molar refractivity (Wildman–Crippen MR) is 147 cm³/mol. The zero-order valence-electron chi connectivity index (χ0n) is 22.0. The van der Waals surface area contributed by atoms with Crippen LogP contribution in [0.1, 0.15) is 38.2 Å². The van der Waals surface area contributed by atoms with Crippen molar-refractivity contribution in [1.82, 2.24) is 9.80 Å². The second-order valence-electron chi connectivity index (χ2n) is 10.9. The van der Waals surface area contributed by atoms with E-state index in [4.69, 9.17) is 4.74 Å². The molecule has 7 heteroatoms. The molecule has 1 saturated carbocycles. The van der Waals surface area contributed by atoms with Crippen molar-refractivity contribution in [3.05, 3.63) is 60.2 Å². The van der Waals surface area contributed by atoms with Gasteiger partial charge in [-0.05, 0) is 61.4 Å². The lowest BCUT2D eigenvalue weighted by Gasteiger charge is -2.51. The monoisotopic (exact) mass is 504 g/mol. The minimum Gasteiger partial charge on any atom is -0.379 e. The van der Waals surface area contributed by atoms with E-state index in [1.165, 1.54) is 24.1 Å². The quantitative estimate of drug-likeness (QED) is 0.580. The molecule has 1 N–H and O–H groups in total. The first-order valence-electron chi connectivity index (χ1n) is 13.8. The average Bonchev–Trinajstić information content (AvgIpc) is 2.95. The number of amides is 1. The summed E-state index contributed by atoms with van der Waals surface area (Å²) in [6, 6.07) is 18.9. The zero-order chi connectivity index (χ0) is 25.7. The molecule has 7 nitrogen and oxygen atoms in total. The van der Waals surface area contributed by atoms with Gasteiger partial charge in [-0.15, -0.1) is 0 Å².